The highest BCUT2D eigenvalue weighted by molar-refractivity contribution is 5.92. The summed E-state index contributed by atoms with van der Waals surface area (Å²) in [4.78, 5) is 24.4. The van der Waals surface area contributed by atoms with Gasteiger partial charge in [-0.05, 0) is 73.7 Å². The number of hydrogen-bond acceptors (Lipinski definition) is 5. The van der Waals surface area contributed by atoms with Crippen LogP contribution in [-0.2, 0) is 6.54 Å². The number of urea groups is 1. The molecule has 0 unspecified atom stereocenters. The number of carbonyl (C=O) groups is 1. The van der Waals surface area contributed by atoms with Crippen molar-refractivity contribution >= 4 is 28.4 Å². The molecule has 214 valence electrons. The van der Waals surface area contributed by atoms with Gasteiger partial charge in [-0.25, -0.2) is 14.2 Å². The van der Waals surface area contributed by atoms with Crippen molar-refractivity contribution in [2.24, 2.45) is 0 Å². The number of hydrogen-bond donors (Lipinski definition) is 2. The van der Waals surface area contributed by atoms with Gasteiger partial charge in [0.15, 0.2) is 0 Å². The smallest absolute Gasteiger partial charge is 0.319 e. The lowest BCUT2D eigenvalue weighted by Gasteiger charge is -2.19. The number of carbonyl (C=O) groups excluding carboxylic acids is 1. The second-order valence-corrected chi connectivity index (χ2v) is 11.0. The van der Waals surface area contributed by atoms with E-state index in [9.17, 15) is 9.18 Å². The number of aromatic nitrogens is 2. The Morgan fingerprint density at radius 2 is 1.76 bits per heavy atom. The number of anilines is 2. The summed E-state index contributed by atoms with van der Waals surface area (Å²) in [5, 5.41) is 6.67. The first kappa shape index (κ1) is 28.3. The molecule has 2 N–H and O–H groups in total. The summed E-state index contributed by atoms with van der Waals surface area (Å²) >= 11 is 0. The average Bonchev–Trinajstić information content (AvgIpc) is 3.23. The average molecular weight is 556 g/mol. The monoisotopic (exact) mass is 555 g/mol. The van der Waals surface area contributed by atoms with Crippen molar-refractivity contribution in [2.75, 3.05) is 24.4 Å². The van der Waals surface area contributed by atoms with Gasteiger partial charge in [0.2, 0.25) is 0 Å². The van der Waals surface area contributed by atoms with E-state index in [2.05, 4.69) is 15.5 Å². The van der Waals surface area contributed by atoms with E-state index >= 15 is 0 Å². The number of nitrogens with zero attached hydrogens (tertiary/aromatic N) is 3. The van der Waals surface area contributed by atoms with E-state index in [1.54, 1.807) is 13.2 Å². The summed E-state index contributed by atoms with van der Waals surface area (Å²) < 4.78 is 20.2. The maximum absolute atomic E-state index is 14.9. The third-order valence-corrected chi connectivity index (χ3v) is 7.89. The largest absolute Gasteiger partial charge is 0.497 e. The van der Waals surface area contributed by atoms with Crippen LogP contribution >= 0.6 is 0 Å². The second kappa shape index (κ2) is 12.5. The number of halogens is 1. The molecule has 4 aromatic rings. The first-order chi connectivity index (χ1) is 19.8. The minimum absolute atomic E-state index is 0.130. The molecule has 0 saturated heterocycles. The molecule has 41 heavy (non-hydrogen) atoms. The first-order valence-electron chi connectivity index (χ1n) is 14.3. The fourth-order valence-electron chi connectivity index (χ4n) is 5.55. The minimum atomic E-state index is -0.458. The van der Waals surface area contributed by atoms with Crippen LogP contribution in [0.3, 0.4) is 0 Å². The van der Waals surface area contributed by atoms with E-state index in [1.807, 2.05) is 63.5 Å². The zero-order valence-corrected chi connectivity index (χ0v) is 24.3. The lowest BCUT2D eigenvalue weighted by molar-refractivity contribution is 0.247. The summed E-state index contributed by atoms with van der Waals surface area (Å²) in [6.45, 7) is 4.51. The third kappa shape index (κ3) is 6.76. The number of benzene rings is 2. The molecule has 0 bridgehead atoms. The summed E-state index contributed by atoms with van der Waals surface area (Å²) in [5.41, 5.74) is 5.42. The molecule has 0 atom stereocenters. The topological polar surface area (TPSA) is 79.4 Å². The van der Waals surface area contributed by atoms with E-state index in [4.69, 9.17) is 14.7 Å². The molecule has 0 radical (unpaired) electrons. The number of nitrogens with one attached hydrogen (secondary N) is 2. The fourth-order valence-corrected chi connectivity index (χ4v) is 5.55. The quantitative estimate of drug-likeness (QED) is 0.230. The first-order valence-corrected chi connectivity index (χ1v) is 14.3. The number of rotatable bonds is 7. The molecule has 2 heterocycles. The Morgan fingerprint density at radius 1 is 1.02 bits per heavy atom. The van der Waals surface area contributed by atoms with Crippen LogP contribution in [0.5, 0.6) is 5.75 Å². The van der Waals surface area contributed by atoms with Crippen molar-refractivity contribution < 1.29 is 13.9 Å². The van der Waals surface area contributed by atoms with Crippen LogP contribution < -0.4 is 20.3 Å². The van der Waals surface area contributed by atoms with Gasteiger partial charge in [-0.1, -0.05) is 37.8 Å². The van der Waals surface area contributed by atoms with Gasteiger partial charge in [0.25, 0.3) is 0 Å². The Bertz CT molecular complexity index is 1530. The molecule has 1 aliphatic carbocycles. The molecular formula is C33H38FN5O2. The Hall–Kier alpha value is -4.20. The Labute approximate surface area is 241 Å². The van der Waals surface area contributed by atoms with Crippen LogP contribution in [0.1, 0.15) is 55.3 Å². The van der Waals surface area contributed by atoms with Crippen LogP contribution in [0.15, 0.2) is 54.7 Å². The van der Waals surface area contributed by atoms with Gasteiger partial charge in [0.1, 0.15) is 17.4 Å². The summed E-state index contributed by atoms with van der Waals surface area (Å²) in [6.07, 6.45) is 8.37. The van der Waals surface area contributed by atoms with Crippen LogP contribution in [0.25, 0.3) is 22.0 Å². The standard InChI is InChI=1S/C33H38FN5O2/c1-21-15-29(34)31(38-33(40)37-25-9-7-5-6-8-10-25)17-27(21)28-16-24-19-35-32(18-30(24)36-22(28)2)39(3)20-23-11-13-26(41-4)14-12-23/h11-19,25H,5-10,20H2,1-4H3,(H2,37,38,40). The lowest BCUT2D eigenvalue weighted by atomic mass is 9.97. The van der Waals surface area contributed by atoms with Crippen molar-refractivity contribution in [2.45, 2.75) is 65.0 Å². The summed E-state index contributed by atoms with van der Waals surface area (Å²) in [7, 11) is 3.66. The van der Waals surface area contributed by atoms with Gasteiger partial charge in [0, 0.05) is 48.5 Å². The Kier molecular flexibility index (Phi) is 8.67. The van der Waals surface area contributed by atoms with Gasteiger partial charge in [-0.15, -0.1) is 0 Å². The van der Waals surface area contributed by atoms with E-state index in [0.29, 0.717) is 6.54 Å². The molecule has 1 saturated carbocycles. The zero-order chi connectivity index (χ0) is 28.9. The molecule has 1 aliphatic rings. The highest BCUT2D eigenvalue weighted by Gasteiger charge is 2.18. The number of aryl methyl sites for hydroxylation is 2. The van der Waals surface area contributed by atoms with Crippen molar-refractivity contribution in [3.8, 4) is 16.9 Å². The molecule has 8 heteroatoms. The van der Waals surface area contributed by atoms with Gasteiger partial charge in [-0.3, -0.25) is 4.98 Å². The molecule has 2 aromatic carbocycles. The maximum Gasteiger partial charge on any atom is 0.319 e. The summed E-state index contributed by atoms with van der Waals surface area (Å²) in [6, 6.07) is 14.9. The molecule has 7 nitrogen and oxygen atoms in total. The maximum atomic E-state index is 14.9. The van der Waals surface area contributed by atoms with E-state index in [0.717, 1.165) is 76.1 Å². The molecule has 2 aromatic heterocycles. The molecule has 0 spiro atoms. The van der Waals surface area contributed by atoms with E-state index < -0.39 is 5.82 Å². The number of amides is 2. The number of fused-ring (bicyclic) bond motifs is 1. The molecule has 0 aliphatic heterocycles. The highest BCUT2D eigenvalue weighted by Crippen LogP contribution is 2.33. The van der Waals surface area contributed by atoms with Crippen LogP contribution in [0.4, 0.5) is 20.7 Å². The van der Waals surface area contributed by atoms with Gasteiger partial charge >= 0.3 is 6.03 Å². The molecule has 5 rings (SSSR count). The molecular weight excluding hydrogens is 517 g/mol. The van der Waals surface area contributed by atoms with Gasteiger partial charge in [-0.2, -0.15) is 0 Å². The predicted molar refractivity (Wildman–Crippen MR) is 163 cm³/mol. The van der Waals surface area contributed by atoms with Crippen molar-refractivity contribution in [3.63, 3.8) is 0 Å². The Morgan fingerprint density at radius 3 is 2.46 bits per heavy atom. The number of methoxy groups -OCH3 is 1. The summed E-state index contributed by atoms with van der Waals surface area (Å²) in [5.74, 6) is 1.19. The predicted octanol–water partition coefficient (Wildman–Crippen LogP) is 7.54. The van der Waals surface area contributed by atoms with E-state index in [-0.39, 0.29) is 17.8 Å². The van der Waals surface area contributed by atoms with Crippen LogP contribution in [0.2, 0.25) is 0 Å². The van der Waals surface area contributed by atoms with Crippen molar-refractivity contribution in [3.05, 3.63) is 77.4 Å². The number of pyridine rings is 2. The van der Waals surface area contributed by atoms with Crippen LogP contribution in [0, 0.1) is 19.7 Å². The Balaban J connectivity index is 1.36. The minimum Gasteiger partial charge on any atom is -0.497 e. The van der Waals surface area contributed by atoms with Crippen LogP contribution in [-0.4, -0.2) is 36.2 Å². The molecule has 1 fully saturated rings. The SMILES string of the molecule is COc1ccc(CN(C)c2cc3nc(C)c(-c4cc(NC(=O)NC5CCCCCC5)c(F)cc4C)cc3cn2)cc1. The highest BCUT2D eigenvalue weighted by atomic mass is 19.1. The van der Waals surface area contributed by atoms with E-state index in [1.165, 1.54) is 18.9 Å². The zero-order valence-electron chi connectivity index (χ0n) is 24.3. The van der Waals surface area contributed by atoms with Gasteiger partial charge in [0.05, 0.1) is 18.3 Å². The normalized spacial score (nSPS) is 14.0. The number of ether oxygens (including phenoxy) is 1. The van der Waals surface area contributed by atoms with Crippen molar-refractivity contribution in [1.82, 2.24) is 15.3 Å². The third-order valence-electron chi connectivity index (χ3n) is 7.89. The molecule has 2 amide bonds. The second-order valence-electron chi connectivity index (χ2n) is 11.0. The van der Waals surface area contributed by atoms with Gasteiger partial charge < -0.3 is 20.3 Å². The van der Waals surface area contributed by atoms with Crippen molar-refractivity contribution in [1.29, 1.82) is 0 Å². The fraction of sp³-hybridized carbons (Fsp3) is 0.364. The lowest BCUT2D eigenvalue weighted by Crippen LogP contribution is -2.37.